The molecule has 3 atom stereocenters. The molecule has 0 rings (SSSR count). The molecule has 4 nitrogen and oxygen atoms in total. The second kappa shape index (κ2) is 9.92. The molecule has 0 aliphatic rings. The van der Waals surface area contributed by atoms with Crippen LogP contribution in [-0.4, -0.2) is 45.3 Å². The lowest BCUT2D eigenvalue weighted by atomic mass is 10.2. The summed E-state index contributed by atoms with van der Waals surface area (Å²) in [5, 5.41) is 33.6. The van der Waals surface area contributed by atoms with Gasteiger partial charge in [0.25, 0.3) is 0 Å². The molecule has 4 N–H and O–H groups in total. The van der Waals surface area contributed by atoms with Crippen molar-refractivity contribution < 1.29 is 20.4 Å². The van der Waals surface area contributed by atoms with Crippen LogP contribution in [0.4, 0.5) is 0 Å². The summed E-state index contributed by atoms with van der Waals surface area (Å²) in [6.07, 6.45) is -0.152. The molecule has 0 aliphatic carbocycles. The van der Waals surface area contributed by atoms with E-state index in [4.69, 9.17) is 20.4 Å². The van der Waals surface area contributed by atoms with Crippen molar-refractivity contribution in [3.05, 3.63) is 0 Å². The molecule has 4 heteroatoms. The summed E-state index contributed by atoms with van der Waals surface area (Å²) in [6, 6.07) is 0. The van der Waals surface area contributed by atoms with Gasteiger partial charge in [0.2, 0.25) is 0 Å². The fourth-order valence-electron chi connectivity index (χ4n) is 0.623. The Kier molecular flexibility index (Phi) is 11.7. The molecule has 82 valence electrons. The number of hydrogen-bond donors (Lipinski definition) is 4. The summed E-state index contributed by atoms with van der Waals surface area (Å²) in [6.45, 7) is 5.02. The average Bonchev–Trinajstić information content (AvgIpc) is 2.01. The largest absolute Gasteiger partial charge is 0.394 e. The third kappa shape index (κ3) is 18.7. The second-order valence-electron chi connectivity index (χ2n) is 3.18. The van der Waals surface area contributed by atoms with Gasteiger partial charge in [0.1, 0.15) is 0 Å². The Balaban J connectivity index is 0. The molecule has 0 aromatic heterocycles. The standard InChI is InChI=1S/C5H12O2.C4H10O2/c1-4(6)3-5(2)7;1-2-4(6)3-5/h4-7H,3H2,1-2H3;4-6H,2-3H2,1H3. The van der Waals surface area contributed by atoms with Gasteiger partial charge in [-0.15, -0.1) is 0 Å². The summed E-state index contributed by atoms with van der Waals surface area (Å²) in [4.78, 5) is 0. The van der Waals surface area contributed by atoms with Crippen LogP contribution in [0.15, 0.2) is 0 Å². The van der Waals surface area contributed by atoms with Crippen molar-refractivity contribution >= 4 is 0 Å². The summed E-state index contributed by atoms with van der Waals surface area (Å²) in [5.74, 6) is 0. The van der Waals surface area contributed by atoms with Crippen molar-refractivity contribution in [2.24, 2.45) is 0 Å². The maximum absolute atomic E-state index is 8.56. The first kappa shape index (κ1) is 15.3. The van der Waals surface area contributed by atoms with Crippen LogP contribution in [0, 0.1) is 0 Å². The Labute approximate surface area is 79.8 Å². The molecular weight excluding hydrogens is 172 g/mol. The molecule has 13 heavy (non-hydrogen) atoms. The fraction of sp³-hybridized carbons (Fsp3) is 1.00. The minimum atomic E-state index is -0.509. The van der Waals surface area contributed by atoms with E-state index in [1.807, 2.05) is 6.92 Å². The van der Waals surface area contributed by atoms with Crippen LogP contribution >= 0.6 is 0 Å². The Morgan fingerprint density at radius 3 is 1.38 bits per heavy atom. The average molecular weight is 194 g/mol. The molecule has 0 fully saturated rings. The number of aliphatic hydroxyl groups excluding tert-OH is 4. The Hall–Kier alpha value is -0.160. The first-order valence-corrected chi connectivity index (χ1v) is 4.59. The van der Waals surface area contributed by atoms with Gasteiger partial charge in [-0.1, -0.05) is 6.92 Å². The van der Waals surface area contributed by atoms with Gasteiger partial charge >= 0.3 is 0 Å². The van der Waals surface area contributed by atoms with Crippen LogP contribution in [0.25, 0.3) is 0 Å². The van der Waals surface area contributed by atoms with E-state index in [0.29, 0.717) is 12.8 Å². The third-order valence-corrected chi connectivity index (χ3v) is 1.36. The summed E-state index contributed by atoms with van der Waals surface area (Å²) in [5.41, 5.74) is 0. The SMILES string of the molecule is CC(O)CC(C)O.CCC(O)CO. The number of rotatable bonds is 4. The highest BCUT2D eigenvalue weighted by atomic mass is 16.3. The van der Waals surface area contributed by atoms with E-state index < -0.39 is 6.10 Å². The van der Waals surface area contributed by atoms with Crippen molar-refractivity contribution in [2.75, 3.05) is 6.61 Å². The van der Waals surface area contributed by atoms with E-state index in [1.54, 1.807) is 13.8 Å². The second-order valence-corrected chi connectivity index (χ2v) is 3.18. The summed E-state index contributed by atoms with van der Waals surface area (Å²) in [7, 11) is 0. The number of hydrogen-bond acceptors (Lipinski definition) is 4. The maximum atomic E-state index is 8.56. The first-order chi connectivity index (χ1) is 5.93. The van der Waals surface area contributed by atoms with Crippen LogP contribution in [0.1, 0.15) is 33.6 Å². The molecular formula is C9H22O4. The summed E-state index contributed by atoms with van der Waals surface area (Å²) < 4.78 is 0. The normalized spacial score (nSPS) is 16.8. The lowest BCUT2D eigenvalue weighted by Gasteiger charge is -2.04. The van der Waals surface area contributed by atoms with Gasteiger partial charge in [0, 0.05) is 0 Å². The monoisotopic (exact) mass is 194 g/mol. The van der Waals surface area contributed by atoms with Crippen molar-refractivity contribution in [3.8, 4) is 0 Å². The predicted molar refractivity (Wildman–Crippen MR) is 51.4 cm³/mol. The third-order valence-electron chi connectivity index (χ3n) is 1.36. The van der Waals surface area contributed by atoms with Crippen LogP contribution in [0.3, 0.4) is 0 Å². The van der Waals surface area contributed by atoms with Crippen LogP contribution in [0.5, 0.6) is 0 Å². The van der Waals surface area contributed by atoms with E-state index in [9.17, 15) is 0 Å². The summed E-state index contributed by atoms with van der Waals surface area (Å²) >= 11 is 0. The lowest BCUT2D eigenvalue weighted by Crippen LogP contribution is -2.10. The zero-order valence-corrected chi connectivity index (χ0v) is 8.64. The minimum absolute atomic E-state index is 0.115. The quantitative estimate of drug-likeness (QED) is 0.503. The topological polar surface area (TPSA) is 80.9 Å². The molecule has 0 aliphatic heterocycles. The van der Waals surface area contributed by atoms with Gasteiger partial charge in [-0.25, -0.2) is 0 Å². The van der Waals surface area contributed by atoms with E-state index in [2.05, 4.69) is 0 Å². The van der Waals surface area contributed by atoms with Crippen molar-refractivity contribution in [3.63, 3.8) is 0 Å². The van der Waals surface area contributed by atoms with Gasteiger partial charge < -0.3 is 20.4 Å². The fourth-order valence-corrected chi connectivity index (χ4v) is 0.623. The molecule has 0 saturated carbocycles. The smallest absolute Gasteiger partial charge is 0.0768 e. The van der Waals surface area contributed by atoms with E-state index >= 15 is 0 Å². The van der Waals surface area contributed by atoms with E-state index in [-0.39, 0.29) is 18.8 Å². The molecule has 0 bridgehead atoms. The number of aliphatic hydroxyl groups is 4. The maximum Gasteiger partial charge on any atom is 0.0768 e. The molecule has 0 aromatic carbocycles. The molecule has 0 aromatic rings. The van der Waals surface area contributed by atoms with Gasteiger partial charge in [0.15, 0.2) is 0 Å². The van der Waals surface area contributed by atoms with E-state index in [0.717, 1.165) is 0 Å². The zero-order valence-electron chi connectivity index (χ0n) is 8.64. The van der Waals surface area contributed by atoms with Crippen molar-refractivity contribution in [2.45, 2.75) is 51.9 Å². The molecule has 3 unspecified atom stereocenters. The van der Waals surface area contributed by atoms with Gasteiger partial charge in [0.05, 0.1) is 24.9 Å². The van der Waals surface area contributed by atoms with Crippen LogP contribution in [0.2, 0.25) is 0 Å². The molecule has 0 radical (unpaired) electrons. The van der Waals surface area contributed by atoms with Gasteiger partial charge in [-0.3, -0.25) is 0 Å². The highest BCUT2D eigenvalue weighted by molar-refractivity contribution is 4.51. The first-order valence-electron chi connectivity index (χ1n) is 4.59. The molecule has 0 saturated heterocycles. The van der Waals surface area contributed by atoms with Crippen LogP contribution < -0.4 is 0 Å². The molecule has 0 amide bonds. The van der Waals surface area contributed by atoms with Gasteiger partial charge in [-0.2, -0.15) is 0 Å². The molecule has 0 heterocycles. The predicted octanol–water partition coefficient (Wildman–Crippen LogP) is -0.112. The minimum Gasteiger partial charge on any atom is -0.394 e. The van der Waals surface area contributed by atoms with E-state index in [1.165, 1.54) is 0 Å². The molecule has 0 spiro atoms. The van der Waals surface area contributed by atoms with Crippen molar-refractivity contribution in [1.82, 2.24) is 0 Å². The Morgan fingerprint density at radius 2 is 1.38 bits per heavy atom. The highest BCUT2D eigenvalue weighted by Gasteiger charge is 1.98. The Bertz CT molecular complexity index is 83.6. The highest BCUT2D eigenvalue weighted by Crippen LogP contribution is 1.93. The Morgan fingerprint density at radius 1 is 1.00 bits per heavy atom. The van der Waals surface area contributed by atoms with Crippen LogP contribution in [-0.2, 0) is 0 Å². The van der Waals surface area contributed by atoms with Crippen molar-refractivity contribution in [1.29, 1.82) is 0 Å². The zero-order chi connectivity index (χ0) is 10.9. The van der Waals surface area contributed by atoms with Gasteiger partial charge in [-0.05, 0) is 26.7 Å². The lowest BCUT2D eigenvalue weighted by molar-refractivity contribution is 0.0923.